The average molecular weight is 320 g/mol. The van der Waals surface area contributed by atoms with Gasteiger partial charge >= 0.3 is 5.97 Å². The van der Waals surface area contributed by atoms with Crippen LogP contribution in [0.15, 0.2) is 24.3 Å². The normalized spacial score (nSPS) is 16.0. The zero-order valence-corrected chi connectivity index (χ0v) is 15.1. The summed E-state index contributed by atoms with van der Waals surface area (Å²) in [6, 6.07) is 7.97. The first kappa shape index (κ1) is 19.5. The van der Waals surface area contributed by atoms with E-state index in [2.05, 4.69) is 0 Å². The molecule has 1 atom stereocenters. The van der Waals surface area contributed by atoms with Crippen molar-refractivity contribution in [2.24, 2.45) is 11.8 Å². The molecule has 0 radical (unpaired) electrons. The van der Waals surface area contributed by atoms with Gasteiger partial charge in [0.25, 0.3) is 0 Å². The van der Waals surface area contributed by atoms with Crippen LogP contribution >= 0.6 is 0 Å². The molecule has 0 heterocycles. The van der Waals surface area contributed by atoms with Crippen molar-refractivity contribution in [3.8, 4) is 5.75 Å². The number of hydrogen-bond acceptors (Lipinski definition) is 3. The summed E-state index contributed by atoms with van der Waals surface area (Å²) in [4.78, 5) is 11.4. The van der Waals surface area contributed by atoms with Crippen molar-refractivity contribution in [3.63, 3.8) is 0 Å². The molecule has 3 nitrogen and oxygen atoms in total. The Balaban J connectivity index is 0.000000460. The summed E-state index contributed by atoms with van der Waals surface area (Å²) in [5, 5.41) is 0. The second-order valence-electron chi connectivity index (χ2n) is 6.09. The Hall–Kier alpha value is -1.51. The summed E-state index contributed by atoms with van der Waals surface area (Å²) >= 11 is 0. The Morgan fingerprint density at radius 1 is 1.22 bits per heavy atom. The van der Waals surface area contributed by atoms with Crippen molar-refractivity contribution < 1.29 is 14.3 Å². The van der Waals surface area contributed by atoms with E-state index in [0.29, 0.717) is 6.42 Å². The highest BCUT2D eigenvalue weighted by Gasteiger charge is 2.22. The van der Waals surface area contributed by atoms with Crippen molar-refractivity contribution in [2.45, 2.75) is 59.3 Å². The molecule has 0 saturated heterocycles. The lowest BCUT2D eigenvalue weighted by atomic mass is 10.0. The Morgan fingerprint density at radius 2 is 1.87 bits per heavy atom. The molecule has 0 amide bonds. The number of rotatable bonds is 6. The van der Waals surface area contributed by atoms with E-state index < -0.39 is 0 Å². The minimum atomic E-state index is -0.167. The predicted molar refractivity (Wildman–Crippen MR) is 94.7 cm³/mol. The topological polar surface area (TPSA) is 35.5 Å². The molecule has 1 unspecified atom stereocenters. The van der Waals surface area contributed by atoms with E-state index in [9.17, 15) is 4.79 Å². The smallest absolute Gasteiger partial charge is 0.308 e. The number of hydrogen-bond donors (Lipinski definition) is 0. The van der Waals surface area contributed by atoms with Gasteiger partial charge in [0.15, 0.2) is 0 Å². The summed E-state index contributed by atoms with van der Waals surface area (Å²) in [5.41, 5.74) is 1.11. The van der Waals surface area contributed by atoms with Crippen LogP contribution in [0.2, 0.25) is 0 Å². The van der Waals surface area contributed by atoms with E-state index >= 15 is 0 Å². The monoisotopic (exact) mass is 320 g/mol. The lowest BCUT2D eigenvalue weighted by Gasteiger charge is -2.11. The van der Waals surface area contributed by atoms with Crippen LogP contribution < -0.4 is 4.74 Å². The third-order valence-electron chi connectivity index (χ3n) is 3.58. The molecule has 3 heteroatoms. The minimum absolute atomic E-state index is 0.117. The van der Waals surface area contributed by atoms with Crippen LogP contribution in [-0.2, 0) is 16.0 Å². The number of methoxy groups -OCH3 is 1. The van der Waals surface area contributed by atoms with Crippen LogP contribution in [0, 0.1) is 11.8 Å². The molecular weight excluding hydrogens is 288 g/mol. The molecule has 23 heavy (non-hydrogen) atoms. The molecule has 1 aromatic rings. The van der Waals surface area contributed by atoms with Gasteiger partial charge < -0.3 is 9.47 Å². The maximum Gasteiger partial charge on any atom is 0.308 e. The van der Waals surface area contributed by atoms with Gasteiger partial charge in [-0.1, -0.05) is 52.2 Å². The third-order valence-corrected chi connectivity index (χ3v) is 3.58. The van der Waals surface area contributed by atoms with Gasteiger partial charge in [0.05, 0.1) is 19.6 Å². The zero-order valence-electron chi connectivity index (χ0n) is 15.1. The molecule has 3 rings (SSSR count). The van der Waals surface area contributed by atoms with Gasteiger partial charge in [-0.2, -0.15) is 0 Å². The fourth-order valence-electron chi connectivity index (χ4n) is 1.90. The Labute approximate surface area is 141 Å². The lowest BCUT2D eigenvalue weighted by Crippen LogP contribution is -2.15. The summed E-state index contributed by atoms with van der Waals surface area (Å²) in [6.45, 7) is 6.69. The van der Waals surface area contributed by atoms with Crippen LogP contribution in [0.4, 0.5) is 0 Å². The van der Waals surface area contributed by atoms with Gasteiger partial charge in [0, 0.05) is 0 Å². The first-order valence-corrected chi connectivity index (χ1v) is 8.98. The molecule has 0 bridgehead atoms. The van der Waals surface area contributed by atoms with Crippen molar-refractivity contribution >= 4 is 5.97 Å². The van der Waals surface area contributed by atoms with E-state index in [1.54, 1.807) is 0 Å². The van der Waals surface area contributed by atoms with Gasteiger partial charge in [0.1, 0.15) is 5.75 Å². The van der Waals surface area contributed by atoms with Gasteiger partial charge in [0.2, 0.25) is 0 Å². The molecule has 0 spiro atoms. The largest absolute Gasteiger partial charge is 0.493 e. The fraction of sp³-hybridized carbons (Fsp3) is 0.650. The SMILES string of the molecule is C1CC1.CC.COC(=O)C(C)Cc1cccc(OCC2CC2)c1. The molecule has 2 saturated carbocycles. The van der Waals surface area contributed by atoms with Gasteiger partial charge in [-0.05, 0) is 42.9 Å². The van der Waals surface area contributed by atoms with Gasteiger partial charge in [-0.25, -0.2) is 0 Å². The maximum absolute atomic E-state index is 11.4. The van der Waals surface area contributed by atoms with E-state index in [1.807, 2.05) is 45.0 Å². The second-order valence-corrected chi connectivity index (χ2v) is 6.09. The molecule has 1 aromatic carbocycles. The van der Waals surface area contributed by atoms with Crippen LogP contribution in [-0.4, -0.2) is 19.7 Å². The molecule has 130 valence electrons. The van der Waals surface area contributed by atoms with Crippen LogP contribution in [0.25, 0.3) is 0 Å². The van der Waals surface area contributed by atoms with Crippen LogP contribution in [0.3, 0.4) is 0 Å². The maximum atomic E-state index is 11.4. The second kappa shape index (κ2) is 11.1. The molecule has 2 aliphatic rings. The highest BCUT2D eigenvalue weighted by molar-refractivity contribution is 5.72. The fourth-order valence-corrected chi connectivity index (χ4v) is 1.90. The van der Waals surface area contributed by atoms with E-state index in [0.717, 1.165) is 23.8 Å². The molecular formula is C20H32O3. The predicted octanol–water partition coefficient (Wildman–Crippen LogP) is 5.02. The van der Waals surface area contributed by atoms with Crippen molar-refractivity contribution in [3.05, 3.63) is 29.8 Å². The quantitative estimate of drug-likeness (QED) is 0.690. The number of esters is 1. The van der Waals surface area contributed by atoms with E-state index in [-0.39, 0.29) is 11.9 Å². The highest BCUT2D eigenvalue weighted by Crippen LogP contribution is 2.29. The lowest BCUT2D eigenvalue weighted by molar-refractivity contribution is -0.144. The van der Waals surface area contributed by atoms with Crippen molar-refractivity contribution in [1.82, 2.24) is 0 Å². The highest BCUT2D eigenvalue weighted by atomic mass is 16.5. The first-order valence-electron chi connectivity index (χ1n) is 8.98. The zero-order chi connectivity index (χ0) is 17.1. The molecule has 0 aromatic heterocycles. The number of ether oxygens (including phenoxy) is 2. The molecule has 2 fully saturated rings. The van der Waals surface area contributed by atoms with E-state index in [4.69, 9.17) is 9.47 Å². The van der Waals surface area contributed by atoms with Crippen molar-refractivity contribution in [2.75, 3.05) is 13.7 Å². The Morgan fingerprint density at radius 3 is 2.39 bits per heavy atom. The summed E-state index contributed by atoms with van der Waals surface area (Å²) in [7, 11) is 1.42. The first-order chi connectivity index (χ1) is 11.2. The Kier molecular flexibility index (Phi) is 9.42. The Bertz CT molecular complexity index is 447. The number of benzene rings is 1. The van der Waals surface area contributed by atoms with E-state index in [1.165, 1.54) is 39.2 Å². The molecule has 0 aliphatic heterocycles. The number of carbonyl (C=O) groups excluding carboxylic acids is 1. The molecule has 2 aliphatic carbocycles. The summed E-state index contributed by atoms with van der Waals surface area (Å²) in [5.74, 6) is 1.37. The van der Waals surface area contributed by atoms with Gasteiger partial charge in [-0.15, -0.1) is 0 Å². The molecule has 0 N–H and O–H groups in total. The average Bonchev–Trinajstić information content (AvgIpc) is 3.46. The van der Waals surface area contributed by atoms with Crippen LogP contribution in [0.1, 0.15) is 58.4 Å². The number of carbonyl (C=O) groups is 1. The van der Waals surface area contributed by atoms with Gasteiger partial charge in [-0.3, -0.25) is 4.79 Å². The van der Waals surface area contributed by atoms with Crippen molar-refractivity contribution in [1.29, 1.82) is 0 Å². The standard InChI is InChI=1S/C15H20O3.C3H6.C2H6/c1-11(15(16)17-2)8-13-4-3-5-14(9-13)18-10-12-6-7-12;1-2-3-1;1-2/h3-5,9,11-12H,6-8,10H2,1-2H3;1-3H2;1-2H3. The summed E-state index contributed by atoms with van der Waals surface area (Å²) in [6.07, 6.45) is 7.77. The van der Waals surface area contributed by atoms with Crippen LogP contribution in [0.5, 0.6) is 5.75 Å². The third kappa shape index (κ3) is 9.27. The minimum Gasteiger partial charge on any atom is -0.493 e. The summed E-state index contributed by atoms with van der Waals surface area (Å²) < 4.78 is 10.5.